The smallest absolute Gasteiger partial charge is 0.271 e. The van der Waals surface area contributed by atoms with Gasteiger partial charge in [0.05, 0.1) is 5.41 Å². The van der Waals surface area contributed by atoms with Gasteiger partial charge in [0, 0.05) is 38.8 Å². The number of H-pyrrole nitrogens is 1. The Morgan fingerprint density at radius 3 is 2.72 bits per heavy atom. The van der Waals surface area contributed by atoms with Crippen LogP contribution in [0.1, 0.15) is 28.9 Å². The van der Waals surface area contributed by atoms with Crippen molar-refractivity contribution in [3.05, 3.63) is 64.1 Å². The van der Waals surface area contributed by atoms with Crippen LogP contribution in [0.5, 0.6) is 0 Å². The van der Waals surface area contributed by atoms with Gasteiger partial charge in [-0.3, -0.25) is 19.3 Å². The fraction of sp³-hybridized carbons (Fsp3) is 0.429. The van der Waals surface area contributed by atoms with Gasteiger partial charge >= 0.3 is 0 Å². The van der Waals surface area contributed by atoms with Crippen molar-refractivity contribution in [2.45, 2.75) is 25.4 Å². The predicted octanol–water partition coefficient (Wildman–Crippen LogP) is 0.526. The monoisotopic (exact) mass is 395 g/mol. The molecule has 1 aromatic carbocycles. The number of rotatable bonds is 5. The molecule has 3 atom stereocenters. The zero-order chi connectivity index (χ0) is 20.4. The summed E-state index contributed by atoms with van der Waals surface area (Å²) in [6.45, 7) is 2.31. The first-order valence-corrected chi connectivity index (χ1v) is 9.85. The molecule has 0 radical (unpaired) electrons. The number of aromatic amines is 1. The van der Waals surface area contributed by atoms with E-state index in [0.717, 1.165) is 19.5 Å². The number of benzene rings is 1. The van der Waals surface area contributed by atoms with Crippen LogP contribution < -0.4 is 16.2 Å². The highest BCUT2D eigenvalue weighted by Crippen LogP contribution is 2.49. The summed E-state index contributed by atoms with van der Waals surface area (Å²) < 4.78 is 0. The van der Waals surface area contributed by atoms with Crippen molar-refractivity contribution < 1.29 is 9.59 Å². The zero-order valence-electron chi connectivity index (χ0n) is 16.4. The maximum atomic E-state index is 12.9. The third-order valence-corrected chi connectivity index (χ3v) is 6.12. The minimum absolute atomic E-state index is 0.0389. The highest BCUT2D eigenvalue weighted by atomic mass is 16.2. The van der Waals surface area contributed by atoms with Crippen LogP contribution in [-0.2, 0) is 11.3 Å². The number of hydrogen-bond donors (Lipinski definition) is 3. The molecule has 4 rings (SSSR count). The molecule has 2 heterocycles. The van der Waals surface area contributed by atoms with Crippen molar-refractivity contribution >= 4 is 11.8 Å². The lowest BCUT2D eigenvalue weighted by atomic mass is 9.80. The number of nitrogens with zero attached hydrogens (tertiary/aromatic N) is 2. The SMILES string of the molecule is CNC(=O)[C@]12C[C@@H](NC(=O)c3ccc(=O)[nH]n3)C[C@H]1CN(Cc1ccccc1)C2. The van der Waals surface area contributed by atoms with Gasteiger partial charge in [-0.15, -0.1) is 0 Å². The normalized spacial score (nSPS) is 26.1. The molecule has 8 heteroatoms. The van der Waals surface area contributed by atoms with Gasteiger partial charge in [-0.1, -0.05) is 30.3 Å². The topological polar surface area (TPSA) is 107 Å². The second kappa shape index (κ2) is 7.79. The summed E-state index contributed by atoms with van der Waals surface area (Å²) in [4.78, 5) is 38.8. The molecule has 29 heavy (non-hydrogen) atoms. The van der Waals surface area contributed by atoms with Gasteiger partial charge in [-0.25, -0.2) is 5.10 Å². The van der Waals surface area contributed by atoms with Crippen molar-refractivity contribution in [2.75, 3.05) is 20.1 Å². The van der Waals surface area contributed by atoms with E-state index in [9.17, 15) is 14.4 Å². The lowest BCUT2D eigenvalue weighted by Crippen LogP contribution is -2.44. The lowest BCUT2D eigenvalue weighted by Gasteiger charge is -2.27. The minimum Gasteiger partial charge on any atom is -0.359 e. The number of carbonyl (C=O) groups is 2. The van der Waals surface area contributed by atoms with Crippen LogP contribution in [0.3, 0.4) is 0 Å². The second-order valence-corrected chi connectivity index (χ2v) is 8.00. The van der Waals surface area contributed by atoms with Crippen molar-refractivity contribution in [1.82, 2.24) is 25.7 Å². The number of carbonyl (C=O) groups excluding carboxylic acids is 2. The van der Waals surface area contributed by atoms with E-state index in [1.165, 1.54) is 17.7 Å². The number of nitrogens with one attached hydrogen (secondary N) is 3. The molecular weight excluding hydrogens is 370 g/mol. The molecule has 8 nitrogen and oxygen atoms in total. The minimum atomic E-state index is -0.500. The molecule has 1 aliphatic carbocycles. The third-order valence-electron chi connectivity index (χ3n) is 6.12. The summed E-state index contributed by atoms with van der Waals surface area (Å²) >= 11 is 0. The Bertz CT molecular complexity index is 940. The van der Waals surface area contributed by atoms with Crippen molar-refractivity contribution in [3.8, 4) is 0 Å². The number of amides is 2. The van der Waals surface area contributed by atoms with E-state index in [0.29, 0.717) is 13.0 Å². The highest BCUT2D eigenvalue weighted by Gasteiger charge is 2.57. The van der Waals surface area contributed by atoms with Gasteiger partial charge < -0.3 is 10.6 Å². The molecule has 1 saturated carbocycles. The van der Waals surface area contributed by atoms with Crippen LogP contribution in [0.15, 0.2) is 47.3 Å². The summed E-state index contributed by atoms with van der Waals surface area (Å²) in [5.74, 6) is -0.114. The summed E-state index contributed by atoms with van der Waals surface area (Å²) in [7, 11) is 1.67. The Morgan fingerprint density at radius 2 is 2.03 bits per heavy atom. The van der Waals surface area contributed by atoms with Crippen LogP contribution in [-0.4, -0.2) is 53.1 Å². The van der Waals surface area contributed by atoms with Crippen molar-refractivity contribution in [3.63, 3.8) is 0 Å². The first-order valence-electron chi connectivity index (χ1n) is 9.85. The molecule has 2 amide bonds. The quantitative estimate of drug-likeness (QED) is 0.685. The summed E-state index contributed by atoms with van der Waals surface area (Å²) in [6.07, 6.45) is 1.34. The van der Waals surface area contributed by atoms with Crippen molar-refractivity contribution in [1.29, 1.82) is 0 Å². The molecule has 2 aliphatic rings. The van der Waals surface area contributed by atoms with E-state index in [2.05, 4.69) is 37.9 Å². The fourth-order valence-electron chi connectivity index (χ4n) is 4.88. The van der Waals surface area contributed by atoms with Gasteiger partial charge in [-0.2, -0.15) is 5.10 Å². The zero-order valence-corrected chi connectivity index (χ0v) is 16.4. The molecule has 1 aliphatic heterocycles. The first-order chi connectivity index (χ1) is 14.0. The number of aromatic nitrogens is 2. The first kappa shape index (κ1) is 19.3. The largest absolute Gasteiger partial charge is 0.359 e. The van der Waals surface area contributed by atoms with Gasteiger partial charge in [0.1, 0.15) is 5.69 Å². The standard InChI is InChI=1S/C21H25N5O3/c1-22-20(29)21-10-16(23-19(28)17-7-8-18(27)25-24-17)9-15(21)12-26(13-21)11-14-5-3-2-4-6-14/h2-8,15-16H,9-13H2,1H3,(H,22,29)(H,23,28)(H,25,27)/t15-,16-,21-/m0/s1. The number of hydrogen-bond acceptors (Lipinski definition) is 5. The molecule has 3 N–H and O–H groups in total. The Hall–Kier alpha value is -3.00. The molecule has 2 aromatic rings. The molecule has 152 valence electrons. The lowest BCUT2D eigenvalue weighted by molar-refractivity contribution is -0.131. The Labute approximate surface area is 168 Å². The van der Waals surface area contributed by atoms with Crippen molar-refractivity contribution in [2.24, 2.45) is 11.3 Å². The third kappa shape index (κ3) is 3.80. The molecule has 1 saturated heterocycles. The molecule has 2 fully saturated rings. The molecule has 1 aromatic heterocycles. The predicted molar refractivity (Wildman–Crippen MR) is 107 cm³/mol. The Morgan fingerprint density at radius 1 is 1.24 bits per heavy atom. The van der Waals surface area contributed by atoms with Crippen LogP contribution in [0.25, 0.3) is 0 Å². The maximum Gasteiger partial charge on any atom is 0.271 e. The highest BCUT2D eigenvalue weighted by molar-refractivity contribution is 5.92. The Balaban J connectivity index is 1.45. The number of likely N-dealkylation sites (tertiary alicyclic amines) is 1. The molecule has 0 unspecified atom stereocenters. The van der Waals surface area contributed by atoms with Crippen LogP contribution in [0.4, 0.5) is 0 Å². The summed E-state index contributed by atoms with van der Waals surface area (Å²) in [5, 5.41) is 11.9. The van der Waals surface area contributed by atoms with Gasteiger partial charge in [-0.05, 0) is 30.4 Å². The maximum absolute atomic E-state index is 12.9. The fourth-order valence-corrected chi connectivity index (χ4v) is 4.88. The van der Waals surface area contributed by atoms with E-state index in [1.54, 1.807) is 7.05 Å². The van der Waals surface area contributed by atoms with E-state index in [4.69, 9.17) is 0 Å². The second-order valence-electron chi connectivity index (χ2n) is 8.00. The summed E-state index contributed by atoms with van der Waals surface area (Å²) in [6, 6.07) is 12.8. The van der Waals surface area contributed by atoms with E-state index in [1.807, 2.05) is 18.2 Å². The van der Waals surface area contributed by atoms with Gasteiger partial charge in [0.15, 0.2) is 0 Å². The summed E-state index contributed by atoms with van der Waals surface area (Å²) in [5.41, 5.74) is 0.545. The van der Waals surface area contributed by atoms with E-state index < -0.39 is 5.41 Å². The average Bonchev–Trinajstić information content (AvgIpc) is 3.22. The van der Waals surface area contributed by atoms with E-state index in [-0.39, 0.29) is 35.0 Å². The molecule has 0 bridgehead atoms. The molecule has 0 spiro atoms. The average molecular weight is 395 g/mol. The van der Waals surface area contributed by atoms with Crippen LogP contribution in [0.2, 0.25) is 0 Å². The van der Waals surface area contributed by atoms with E-state index >= 15 is 0 Å². The van der Waals surface area contributed by atoms with Crippen LogP contribution >= 0.6 is 0 Å². The van der Waals surface area contributed by atoms with Gasteiger partial charge in [0.2, 0.25) is 5.91 Å². The van der Waals surface area contributed by atoms with Crippen LogP contribution in [0, 0.1) is 11.3 Å². The Kier molecular flexibility index (Phi) is 5.19. The van der Waals surface area contributed by atoms with Gasteiger partial charge in [0.25, 0.3) is 11.5 Å². The molecular formula is C21H25N5O3. The number of fused-ring (bicyclic) bond motifs is 1.